The van der Waals surface area contributed by atoms with Gasteiger partial charge in [-0.05, 0) is 66.9 Å². The van der Waals surface area contributed by atoms with Crippen LogP contribution in [0.1, 0.15) is 31.4 Å². The fourth-order valence-corrected chi connectivity index (χ4v) is 5.16. The third-order valence-electron chi connectivity index (χ3n) is 6.91. The molecule has 186 valence electrons. The van der Waals surface area contributed by atoms with Crippen LogP contribution < -0.4 is 15.0 Å². The van der Waals surface area contributed by atoms with Crippen LogP contribution in [0.3, 0.4) is 0 Å². The predicted molar refractivity (Wildman–Crippen MR) is 149 cm³/mol. The highest BCUT2D eigenvalue weighted by molar-refractivity contribution is 6.13. The predicted octanol–water partition coefficient (Wildman–Crippen LogP) is 6.05. The van der Waals surface area contributed by atoms with E-state index in [9.17, 15) is 5.11 Å². The number of ether oxygens (including phenoxy) is 1. The zero-order valence-electron chi connectivity index (χ0n) is 21.3. The molecule has 5 rings (SSSR count). The van der Waals surface area contributed by atoms with Crippen molar-refractivity contribution in [1.82, 2.24) is 10.3 Å². The molecule has 0 amide bonds. The number of methoxy groups -OCH3 is 1. The number of aromatic hydroxyl groups is 1. The standard InChI is InChI=1S/C30H34N4O2/c1-4-6-21-7-5-8-27(36-3)29(21)22-9-14-26-25(19-22)28(30(35)33-26)20(2)32-23-10-12-24(13-11-23)34-17-15-31-16-18-34/h5,7-14,19,31,33,35H,4,6,15-18H2,1-3H3. The molecule has 1 saturated heterocycles. The van der Waals surface area contributed by atoms with Gasteiger partial charge in [0, 0.05) is 48.3 Å². The number of benzene rings is 3. The van der Waals surface area contributed by atoms with E-state index >= 15 is 0 Å². The van der Waals surface area contributed by atoms with Crippen molar-refractivity contribution < 1.29 is 9.84 Å². The molecule has 36 heavy (non-hydrogen) atoms. The molecule has 6 nitrogen and oxygen atoms in total. The van der Waals surface area contributed by atoms with E-state index in [2.05, 4.69) is 52.5 Å². The molecule has 0 radical (unpaired) electrons. The summed E-state index contributed by atoms with van der Waals surface area (Å²) in [5.41, 5.74) is 7.88. The first kappa shape index (κ1) is 23.9. The van der Waals surface area contributed by atoms with Gasteiger partial charge in [0.1, 0.15) is 5.75 Å². The Morgan fingerprint density at radius 2 is 1.83 bits per heavy atom. The second-order valence-corrected chi connectivity index (χ2v) is 9.30. The molecule has 2 heterocycles. The van der Waals surface area contributed by atoms with Crippen molar-refractivity contribution >= 4 is 28.0 Å². The van der Waals surface area contributed by atoms with Gasteiger partial charge in [0.15, 0.2) is 5.88 Å². The van der Waals surface area contributed by atoms with Crippen molar-refractivity contribution in [3.63, 3.8) is 0 Å². The third-order valence-corrected chi connectivity index (χ3v) is 6.91. The molecule has 0 bridgehead atoms. The minimum Gasteiger partial charge on any atom is -0.496 e. The van der Waals surface area contributed by atoms with Gasteiger partial charge in [-0.1, -0.05) is 31.5 Å². The van der Waals surface area contributed by atoms with Gasteiger partial charge in [0.25, 0.3) is 0 Å². The summed E-state index contributed by atoms with van der Waals surface area (Å²) in [6.07, 6.45) is 2.03. The summed E-state index contributed by atoms with van der Waals surface area (Å²) in [6, 6.07) is 20.8. The lowest BCUT2D eigenvalue weighted by atomic mass is 9.94. The lowest BCUT2D eigenvalue weighted by Gasteiger charge is -2.29. The molecule has 1 aliphatic rings. The topological polar surface area (TPSA) is 72.9 Å². The first-order valence-electron chi connectivity index (χ1n) is 12.7. The van der Waals surface area contributed by atoms with Crippen molar-refractivity contribution in [3.05, 3.63) is 71.8 Å². The lowest BCUT2D eigenvalue weighted by molar-refractivity contribution is 0.416. The number of nitrogens with zero attached hydrogens (tertiary/aromatic N) is 2. The van der Waals surface area contributed by atoms with Crippen LogP contribution in [-0.2, 0) is 6.42 Å². The number of hydrogen-bond acceptors (Lipinski definition) is 5. The summed E-state index contributed by atoms with van der Waals surface area (Å²) < 4.78 is 5.73. The molecular weight excluding hydrogens is 448 g/mol. The Kier molecular flexibility index (Phi) is 6.96. The van der Waals surface area contributed by atoms with E-state index in [1.807, 2.05) is 37.3 Å². The molecule has 0 aliphatic carbocycles. The van der Waals surface area contributed by atoms with Gasteiger partial charge in [0.05, 0.1) is 24.1 Å². The van der Waals surface area contributed by atoms with Crippen molar-refractivity contribution in [1.29, 1.82) is 0 Å². The summed E-state index contributed by atoms with van der Waals surface area (Å²) in [7, 11) is 1.71. The molecule has 6 heteroatoms. The first-order valence-corrected chi connectivity index (χ1v) is 12.7. The van der Waals surface area contributed by atoms with Crippen LogP contribution in [0, 0.1) is 0 Å². The molecule has 3 N–H and O–H groups in total. The second-order valence-electron chi connectivity index (χ2n) is 9.30. The van der Waals surface area contributed by atoms with E-state index in [0.29, 0.717) is 0 Å². The van der Waals surface area contributed by atoms with Crippen LogP contribution in [0.5, 0.6) is 11.6 Å². The van der Waals surface area contributed by atoms with Gasteiger partial charge in [-0.3, -0.25) is 4.99 Å². The molecule has 1 fully saturated rings. The maximum absolute atomic E-state index is 10.8. The Morgan fingerprint density at radius 1 is 1.06 bits per heavy atom. The van der Waals surface area contributed by atoms with Crippen LogP contribution in [0.2, 0.25) is 0 Å². The Balaban J connectivity index is 1.52. The fraction of sp³-hybridized carbons (Fsp3) is 0.300. The minimum absolute atomic E-state index is 0.134. The normalized spacial score (nSPS) is 14.4. The highest BCUT2D eigenvalue weighted by atomic mass is 16.5. The van der Waals surface area contributed by atoms with Crippen molar-refractivity contribution in [3.8, 4) is 22.8 Å². The first-order chi connectivity index (χ1) is 17.6. The van der Waals surface area contributed by atoms with Crippen molar-refractivity contribution in [2.75, 3.05) is 38.2 Å². The molecular formula is C30H34N4O2. The van der Waals surface area contributed by atoms with E-state index in [4.69, 9.17) is 9.73 Å². The highest BCUT2D eigenvalue weighted by Gasteiger charge is 2.18. The van der Waals surface area contributed by atoms with Gasteiger partial charge in [-0.2, -0.15) is 0 Å². The van der Waals surface area contributed by atoms with E-state index in [1.165, 1.54) is 11.3 Å². The zero-order chi connectivity index (χ0) is 25.1. The fourth-order valence-electron chi connectivity index (χ4n) is 5.16. The Morgan fingerprint density at radius 3 is 2.56 bits per heavy atom. The summed E-state index contributed by atoms with van der Waals surface area (Å²) in [6.45, 7) is 8.18. The van der Waals surface area contributed by atoms with Crippen LogP contribution in [0.15, 0.2) is 65.7 Å². The van der Waals surface area contributed by atoms with Crippen molar-refractivity contribution in [2.24, 2.45) is 4.99 Å². The smallest absolute Gasteiger partial charge is 0.198 e. The third kappa shape index (κ3) is 4.69. The number of rotatable bonds is 7. The van der Waals surface area contributed by atoms with Gasteiger partial charge in [-0.25, -0.2) is 0 Å². The number of fused-ring (bicyclic) bond motifs is 1. The van der Waals surface area contributed by atoms with Crippen molar-refractivity contribution in [2.45, 2.75) is 26.7 Å². The second kappa shape index (κ2) is 10.5. The van der Waals surface area contributed by atoms with Crippen LogP contribution in [0.4, 0.5) is 11.4 Å². The van der Waals surface area contributed by atoms with Gasteiger partial charge >= 0.3 is 0 Å². The number of hydrogen-bond donors (Lipinski definition) is 3. The molecule has 1 aliphatic heterocycles. The number of H-pyrrole nitrogens is 1. The molecule has 0 saturated carbocycles. The number of nitrogens with one attached hydrogen (secondary N) is 2. The monoisotopic (exact) mass is 482 g/mol. The molecule has 0 spiro atoms. The summed E-state index contributed by atoms with van der Waals surface area (Å²) >= 11 is 0. The average molecular weight is 483 g/mol. The maximum atomic E-state index is 10.8. The van der Waals surface area contributed by atoms with Gasteiger partial charge in [-0.15, -0.1) is 0 Å². The van der Waals surface area contributed by atoms with E-state index in [1.54, 1.807) is 7.11 Å². The van der Waals surface area contributed by atoms with E-state index in [-0.39, 0.29) is 5.88 Å². The van der Waals surface area contributed by atoms with E-state index in [0.717, 1.165) is 83.8 Å². The molecule has 3 aromatic carbocycles. The van der Waals surface area contributed by atoms with Crippen LogP contribution >= 0.6 is 0 Å². The Bertz CT molecular complexity index is 1380. The number of piperazine rings is 1. The number of aliphatic imine (C=N–C) groups is 1. The Labute approximate surface area is 212 Å². The van der Waals surface area contributed by atoms with E-state index < -0.39 is 0 Å². The number of aromatic nitrogens is 1. The molecule has 4 aromatic rings. The molecule has 1 aromatic heterocycles. The number of aryl methyl sites for hydroxylation is 1. The maximum Gasteiger partial charge on any atom is 0.198 e. The highest BCUT2D eigenvalue weighted by Crippen LogP contribution is 2.38. The Hall–Kier alpha value is -3.77. The minimum atomic E-state index is 0.134. The summed E-state index contributed by atoms with van der Waals surface area (Å²) in [5.74, 6) is 0.992. The van der Waals surface area contributed by atoms with Crippen LogP contribution in [-0.4, -0.2) is 49.1 Å². The SMILES string of the molecule is CCCc1cccc(OC)c1-c1ccc2[nH]c(O)c(C(C)=Nc3ccc(N4CCNCC4)cc3)c2c1. The zero-order valence-corrected chi connectivity index (χ0v) is 21.3. The van der Waals surface area contributed by atoms with Gasteiger partial charge < -0.3 is 25.0 Å². The summed E-state index contributed by atoms with van der Waals surface area (Å²) in [5, 5.41) is 15.2. The van der Waals surface area contributed by atoms with Crippen LogP contribution in [0.25, 0.3) is 22.0 Å². The number of anilines is 1. The lowest BCUT2D eigenvalue weighted by Crippen LogP contribution is -2.43. The van der Waals surface area contributed by atoms with Gasteiger partial charge in [0.2, 0.25) is 0 Å². The quantitative estimate of drug-likeness (QED) is 0.280. The number of aromatic amines is 1. The average Bonchev–Trinajstić information content (AvgIpc) is 3.24. The molecule has 0 atom stereocenters. The molecule has 0 unspecified atom stereocenters. The largest absolute Gasteiger partial charge is 0.496 e. The summed E-state index contributed by atoms with van der Waals surface area (Å²) in [4.78, 5) is 10.4.